The molecule has 106 valence electrons. The number of nitrogens with zero attached hydrogens (tertiary/aromatic N) is 1. The zero-order valence-corrected chi connectivity index (χ0v) is 11.5. The van der Waals surface area contributed by atoms with E-state index in [2.05, 4.69) is 4.98 Å². The largest absolute Gasteiger partial charge is 0.366 e. The first-order chi connectivity index (χ1) is 9.32. The third-order valence-corrected chi connectivity index (χ3v) is 3.18. The summed E-state index contributed by atoms with van der Waals surface area (Å²) in [5.74, 6) is -0.425. The Morgan fingerprint density at radius 2 is 1.75 bits per heavy atom. The van der Waals surface area contributed by atoms with Crippen molar-refractivity contribution < 1.29 is 17.8 Å². The van der Waals surface area contributed by atoms with Gasteiger partial charge in [0, 0.05) is 11.9 Å². The van der Waals surface area contributed by atoms with Crippen molar-refractivity contribution in [3.05, 3.63) is 59.9 Å². The summed E-state index contributed by atoms with van der Waals surface area (Å²) in [5, 5.41) is 0. The zero-order chi connectivity index (χ0) is 15.2. The monoisotopic (exact) mass is 294 g/mol. The summed E-state index contributed by atoms with van der Waals surface area (Å²) in [7, 11) is -4.00. The normalized spacial score (nSPS) is 10.3. The minimum Gasteiger partial charge on any atom is -0.366 e. The predicted octanol–water partition coefficient (Wildman–Crippen LogP) is 1.42. The second kappa shape index (κ2) is 6.78. The van der Waals surface area contributed by atoms with Gasteiger partial charge in [-0.25, -0.2) is 0 Å². The molecule has 0 radical (unpaired) electrons. The van der Waals surface area contributed by atoms with Crippen LogP contribution in [0.2, 0.25) is 0 Å². The Bertz CT molecular complexity index is 685. The number of pyridine rings is 1. The predicted molar refractivity (Wildman–Crippen MR) is 73.7 cm³/mol. The molecule has 7 heteroatoms. The van der Waals surface area contributed by atoms with E-state index >= 15 is 0 Å². The molecular weight excluding hydrogens is 280 g/mol. The highest BCUT2D eigenvalue weighted by Crippen LogP contribution is 2.05. The number of nitrogens with two attached hydrogens (primary N) is 1. The molecule has 0 saturated heterocycles. The van der Waals surface area contributed by atoms with Crippen molar-refractivity contribution in [3.8, 4) is 0 Å². The van der Waals surface area contributed by atoms with Gasteiger partial charge in [-0.1, -0.05) is 18.2 Å². The van der Waals surface area contributed by atoms with Gasteiger partial charge in [0.2, 0.25) is 0 Å². The fourth-order valence-electron chi connectivity index (χ4n) is 1.34. The highest BCUT2D eigenvalue weighted by molar-refractivity contribution is 7.85. The third-order valence-electron chi connectivity index (χ3n) is 2.31. The van der Waals surface area contributed by atoms with Crippen molar-refractivity contribution in [1.29, 1.82) is 0 Å². The van der Waals surface area contributed by atoms with E-state index < -0.39 is 16.0 Å². The van der Waals surface area contributed by atoms with Crippen molar-refractivity contribution in [2.24, 2.45) is 5.73 Å². The molecule has 0 aliphatic carbocycles. The first kappa shape index (κ1) is 15.8. The lowest BCUT2D eigenvalue weighted by Gasteiger charge is -1.96. The highest BCUT2D eigenvalue weighted by Gasteiger charge is 2.05. The smallest absolute Gasteiger partial charge is 0.294 e. The van der Waals surface area contributed by atoms with Crippen LogP contribution >= 0.6 is 0 Å². The molecule has 20 heavy (non-hydrogen) atoms. The fraction of sp³-hybridized carbons (Fsp3) is 0.0769. The van der Waals surface area contributed by atoms with Gasteiger partial charge < -0.3 is 5.73 Å². The lowest BCUT2D eigenvalue weighted by molar-refractivity contribution is 0.0999. The van der Waals surface area contributed by atoms with E-state index in [4.69, 9.17) is 10.3 Å². The molecule has 0 aliphatic rings. The van der Waals surface area contributed by atoms with Crippen LogP contribution in [0.3, 0.4) is 0 Å². The van der Waals surface area contributed by atoms with E-state index in [1.165, 1.54) is 12.1 Å². The summed E-state index contributed by atoms with van der Waals surface area (Å²) in [4.78, 5) is 14.4. The van der Waals surface area contributed by atoms with Crippen molar-refractivity contribution in [2.45, 2.75) is 11.8 Å². The molecule has 1 heterocycles. The number of aromatic nitrogens is 1. The van der Waals surface area contributed by atoms with Crippen molar-refractivity contribution in [2.75, 3.05) is 0 Å². The molecule has 0 atom stereocenters. The number of primary amides is 1. The zero-order valence-electron chi connectivity index (χ0n) is 10.7. The van der Waals surface area contributed by atoms with Crippen molar-refractivity contribution >= 4 is 16.0 Å². The van der Waals surface area contributed by atoms with Gasteiger partial charge in [-0.05, 0) is 31.2 Å². The van der Waals surface area contributed by atoms with Crippen LogP contribution in [0, 0.1) is 6.92 Å². The number of hydrogen-bond donors (Lipinski definition) is 2. The second-order valence-electron chi connectivity index (χ2n) is 3.79. The fourth-order valence-corrected chi connectivity index (χ4v) is 1.84. The molecule has 2 rings (SSSR count). The lowest BCUT2D eigenvalue weighted by Crippen LogP contribution is -2.12. The molecule has 0 aliphatic heterocycles. The molecule has 0 saturated carbocycles. The number of carbonyl (C=O) groups is 1. The Morgan fingerprint density at radius 3 is 2.10 bits per heavy atom. The summed E-state index contributed by atoms with van der Waals surface area (Å²) in [6.07, 6.45) is 1.63. The van der Waals surface area contributed by atoms with E-state index in [-0.39, 0.29) is 4.90 Å². The first-order valence-corrected chi connectivity index (χ1v) is 7.00. The van der Waals surface area contributed by atoms with Crippen LogP contribution in [-0.2, 0) is 10.1 Å². The first-order valence-electron chi connectivity index (χ1n) is 5.56. The van der Waals surface area contributed by atoms with Gasteiger partial charge in [-0.2, -0.15) is 8.42 Å². The van der Waals surface area contributed by atoms with Gasteiger partial charge in [-0.15, -0.1) is 0 Å². The van der Waals surface area contributed by atoms with E-state index in [9.17, 15) is 13.2 Å². The Kier molecular flexibility index (Phi) is 5.36. The van der Waals surface area contributed by atoms with Gasteiger partial charge in [0.05, 0.1) is 10.5 Å². The van der Waals surface area contributed by atoms with Crippen LogP contribution in [0.25, 0.3) is 0 Å². The number of rotatable bonds is 2. The summed E-state index contributed by atoms with van der Waals surface area (Å²) in [5.41, 5.74) is 6.20. The molecule has 2 aromatic rings. The van der Waals surface area contributed by atoms with Gasteiger partial charge >= 0.3 is 0 Å². The standard InChI is InChI=1S/C7H8N2O.C6H6O3S/c1-5-6(7(8)10)3-2-4-9-5;7-10(8,9)6-4-2-1-3-5-6/h2-4H,1H3,(H2,8,10);1-5H,(H,7,8,9). The molecule has 3 N–H and O–H groups in total. The third kappa shape index (κ3) is 4.79. The molecule has 0 bridgehead atoms. The number of aryl methyl sites for hydroxylation is 1. The Balaban J connectivity index is 0.000000200. The van der Waals surface area contributed by atoms with Gasteiger partial charge in [-0.3, -0.25) is 14.3 Å². The molecule has 0 unspecified atom stereocenters. The summed E-state index contributed by atoms with van der Waals surface area (Å²) in [6, 6.07) is 10.8. The average Bonchev–Trinajstić information content (AvgIpc) is 2.40. The van der Waals surface area contributed by atoms with Gasteiger partial charge in [0.25, 0.3) is 16.0 Å². The summed E-state index contributed by atoms with van der Waals surface area (Å²) < 4.78 is 29.2. The summed E-state index contributed by atoms with van der Waals surface area (Å²) in [6.45, 7) is 1.75. The maximum Gasteiger partial charge on any atom is 0.294 e. The van der Waals surface area contributed by atoms with Crippen LogP contribution < -0.4 is 5.73 Å². The molecule has 1 aromatic heterocycles. The molecule has 6 nitrogen and oxygen atoms in total. The van der Waals surface area contributed by atoms with Crippen LogP contribution in [0.1, 0.15) is 16.1 Å². The molecular formula is C13H14N2O4S. The molecule has 0 fully saturated rings. The highest BCUT2D eigenvalue weighted by atomic mass is 32.2. The molecule has 1 aromatic carbocycles. The topological polar surface area (TPSA) is 110 Å². The molecule has 0 spiro atoms. The second-order valence-corrected chi connectivity index (χ2v) is 5.21. The van der Waals surface area contributed by atoms with Gasteiger partial charge in [0.15, 0.2) is 0 Å². The Hall–Kier alpha value is -2.25. The maximum atomic E-state index is 10.6. The van der Waals surface area contributed by atoms with Crippen molar-refractivity contribution in [1.82, 2.24) is 4.98 Å². The van der Waals surface area contributed by atoms with Crippen LogP contribution in [0.5, 0.6) is 0 Å². The average molecular weight is 294 g/mol. The minimum absolute atomic E-state index is 0.0741. The Labute approximate surface area is 117 Å². The van der Waals surface area contributed by atoms with E-state index in [0.717, 1.165) is 0 Å². The van der Waals surface area contributed by atoms with E-state index in [0.29, 0.717) is 11.3 Å². The molecule has 1 amide bonds. The number of hydrogen-bond acceptors (Lipinski definition) is 4. The summed E-state index contributed by atoms with van der Waals surface area (Å²) >= 11 is 0. The minimum atomic E-state index is -4.00. The van der Waals surface area contributed by atoms with Crippen LogP contribution in [0.15, 0.2) is 53.6 Å². The Morgan fingerprint density at radius 1 is 1.15 bits per heavy atom. The number of amides is 1. The van der Waals surface area contributed by atoms with Crippen molar-refractivity contribution in [3.63, 3.8) is 0 Å². The quantitative estimate of drug-likeness (QED) is 0.814. The van der Waals surface area contributed by atoms with Crippen LogP contribution in [0.4, 0.5) is 0 Å². The lowest BCUT2D eigenvalue weighted by atomic mass is 10.2. The maximum absolute atomic E-state index is 10.6. The van der Waals surface area contributed by atoms with Gasteiger partial charge in [0.1, 0.15) is 0 Å². The number of carbonyl (C=O) groups excluding carboxylic acids is 1. The van der Waals surface area contributed by atoms with Crippen LogP contribution in [-0.4, -0.2) is 23.9 Å². The SMILES string of the molecule is Cc1ncccc1C(N)=O.O=S(=O)(O)c1ccccc1. The van der Waals surface area contributed by atoms with E-state index in [1.807, 2.05) is 0 Å². The number of benzene rings is 1. The van der Waals surface area contributed by atoms with E-state index in [1.54, 1.807) is 43.5 Å².